The van der Waals surface area contributed by atoms with Crippen molar-refractivity contribution in [2.45, 2.75) is 37.2 Å². The van der Waals surface area contributed by atoms with Crippen LogP contribution in [0.15, 0.2) is 48.2 Å². The zero-order valence-electron chi connectivity index (χ0n) is 16.7. The molecule has 4 unspecified atom stereocenters. The van der Waals surface area contributed by atoms with E-state index in [1.54, 1.807) is 42.2 Å². The van der Waals surface area contributed by atoms with Gasteiger partial charge in [-0.1, -0.05) is 25.1 Å². The summed E-state index contributed by atoms with van der Waals surface area (Å²) in [5.41, 5.74) is 2.54. The summed E-state index contributed by atoms with van der Waals surface area (Å²) in [7, 11) is -4.37. The smallest absolute Gasteiger partial charge is 0.270 e. The first-order valence-electron chi connectivity index (χ1n) is 10.1. The normalized spacial score (nSPS) is 29.8. The third-order valence-electron chi connectivity index (χ3n) is 6.55. The Morgan fingerprint density at radius 3 is 2.61 bits per heavy atom. The minimum absolute atomic E-state index is 0.0322. The molecule has 31 heavy (non-hydrogen) atoms. The third-order valence-corrected chi connectivity index (χ3v) is 8.01. The predicted molar refractivity (Wildman–Crippen MR) is 115 cm³/mol. The molecule has 0 radical (unpaired) electrons. The van der Waals surface area contributed by atoms with Crippen molar-refractivity contribution in [3.8, 4) is 5.75 Å². The minimum Gasteiger partial charge on any atom is -0.508 e. The first-order valence-corrected chi connectivity index (χ1v) is 11.6. The van der Waals surface area contributed by atoms with E-state index in [0.717, 1.165) is 0 Å². The van der Waals surface area contributed by atoms with Crippen LogP contribution in [0.1, 0.15) is 37.0 Å². The average molecular weight is 442 g/mol. The Bertz CT molecular complexity index is 1240. The number of anilines is 2. The Morgan fingerprint density at radius 2 is 1.87 bits per heavy atom. The van der Waals surface area contributed by atoms with E-state index in [-0.39, 0.29) is 22.9 Å². The standard InChI is InChI=1S/C22H22N2O6S/c1-11-6-9-17(21(11)31(28,29)30)24-16-5-3-2-4-13(16)20(26)19(24)18-14-10-12(25)7-8-15(14)23-22(18)27/h2-5,7-8,10-11,17,20-21,25-26H,6,9H2,1H3,(H,23,27)(H,28,29,30)/b19-18-. The van der Waals surface area contributed by atoms with E-state index in [4.69, 9.17) is 0 Å². The van der Waals surface area contributed by atoms with E-state index >= 15 is 0 Å². The number of aliphatic hydroxyl groups is 1. The first-order chi connectivity index (χ1) is 14.7. The van der Waals surface area contributed by atoms with Crippen LogP contribution in [-0.4, -0.2) is 40.4 Å². The molecule has 4 atom stereocenters. The van der Waals surface area contributed by atoms with Crippen LogP contribution < -0.4 is 10.2 Å². The van der Waals surface area contributed by atoms with E-state index in [9.17, 15) is 28.0 Å². The number of nitrogens with zero attached hydrogens (tertiary/aromatic N) is 1. The number of hydrogen-bond acceptors (Lipinski definition) is 6. The lowest BCUT2D eigenvalue weighted by atomic mass is 10.00. The molecule has 4 N–H and O–H groups in total. The highest BCUT2D eigenvalue weighted by atomic mass is 32.2. The highest BCUT2D eigenvalue weighted by Gasteiger charge is 2.50. The van der Waals surface area contributed by atoms with Gasteiger partial charge in [0.2, 0.25) is 0 Å². The molecule has 1 saturated carbocycles. The molecule has 0 spiro atoms. The van der Waals surface area contributed by atoms with Crippen molar-refractivity contribution in [3.63, 3.8) is 0 Å². The molecule has 0 bridgehead atoms. The van der Waals surface area contributed by atoms with Gasteiger partial charge in [0.15, 0.2) is 0 Å². The maximum Gasteiger partial charge on any atom is 0.270 e. The number of phenolic OH excluding ortho intramolecular Hbond substituents is 1. The van der Waals surface area contributed by atoms with Crippen LogP contribution in [0.25, 0.3) is 5.57 Å². The molecular formula is C22H22N2O6S. The topological polar surface area (TPSA) is 127 Å². The molecule has 0 aromatic heterocycles. The van der Waals surface area contributed by atoms with Gasteiger partial charge in [0, 0.05) is 22.5 Å². The number of hydrogen-bond donors (Lipinski definition) is 4. The van der Waals surface area contributed by atoms with Crippen molar-refractivity contribution in [3.05, 3.63) is 59.3 Å². The van der Waals surface area contributed by atoms with Crippen LogP contribution in [-0.2, 0) is 14.9 Å². The number of amides is 1. The lowest BCUT2D eigenvalue weighted by molar-refractivity contribution is -0.110. The number of aliphatic hydroxyl groups excluding tert-OH is 1. The summed E-state index contributed by atoms with van der Waals surface area (Å²) in [6.07, 6.45) is -0.114. The third kappa shape index (κ3) is 2.95. The second kappa shape index (κ2) is 6.81. The molecule has 5 rings (SSSR count). The summed E-state index contributed by atoms with van der Waals surface area (Å²) in [5, 5.41) is 22.9. The maximum absolute atomic E-state index is 13.0. The lowest BCUT2D eigenvalue weighted by Crippen LogP contribution is -2.45. The first kappa shape index (κ1) is 20.0. The second-order valence-corrected chi connectivity index (χ2v) is 9.95. The number of fused-ring (bicyclic) bond motifs is 2. The van der Waals surface area contributed by atoms with Gasteiger partial charge < -0.3 is 20.4 Å². The zero-order valence-corrected chi connectivity index (χ0v) is 17.5. The summed E-state index contributed by atoms with van der Waals surface area (Å²) in [6.45, 7) is 1.78. The molecule has 2 heterocycles. The Balaban J connectivity index is 1.77. The molecule has 3 aliphatic rings. The molecule has 2 aromatic carbocycles. The number of para-hydroxylation sites is 1. The molecule has 2 aliphatic heterocycles. The highest BCUT2D eigenvalue weighted by molar-refractivity contribution is 7.86. The minimum atomic E-state index is -4.37. The summed E-state index contributed by atoms with van der Waals surface area (Å²) in [5.74, 6) is -0.762. The summed E-state index contributed by atoms with van der Waals surface area (Å²) in [4.78, 5) is 14.7. The second-order valence-electron chi connectivity index (χ2n) is 8.38. The quantitative estimate of drug-likeness (QED) is 0.320. The van der Waals surface area contributed by atoms with E-state index in [1.807, 2.05) is 0 Å². The van der Waals surface area contributed by atoms with Crippen LogP contribution in [0, 0.1) is 5.92 Å². The van der Waals surface area contributed by atoms with Gasteiger partial charge in [0.25, 0.3) is 16.0 Å². The molecule has 1 aliphatic carbocycles. The average Bonchev–Trinajstić information content (AvgIpc) is 3.32. The largest absolute Gasteiger partial charge is 0.508 e. The number of carbonyl (C=O) groups is 1. The van der Waals surface area contributed by atoms with Crippen molar-refractivity contribution < 1.29 is 28.0 Å². The molecule has 2 aromatic rings. The van der Waals surface area contributed by atoms with Crippen LogP contribution in [0.2, 0.25) is 0 Å². The summed E-state index contributed by atoms with van der Waals surface area (Å²) >= 11 is 0. The van der Waals surface area contributed by atoms with Gasteiger partial charge in [-0.2, -0.15) is 8.42 Å². The maximum atomic E-state index is 13.0. The Morgan fingerprint density at radius 1 is 1.13 bits per heavy atom. The predicted octanol–water partition coefficient (Wildman–Crippen LogP) is 2.66. The van der Waals surface area contributed by atoms with Gasteiger partial charge in [-0.3, -0.25) is 9.35 Å². The molecule has 0 saturated heterocycles. The molecule has 1 fully saturated rings. The van der Waals surface area contributed by atoms with Crippen LogP contribution in [0.3, 0.4) is 0 Å². The molecule has 1 amide bonds. The fraction of sp³-hybridized carbons (Fsp3) is 0.318. The van der Waals surface area contributed by atoms with Gasteiger partial charge in [0.05, 0.1) is 17.3 Å². The van der Waals surface area contributed by atoms with Crippen molar-refractivity contribution >= 4 is 33.0 Å². The SMILES string of the molecule is CC1CCC(N2/C(=C3\C(=O)Nc4ccc(O)cc43)C(O)c3ccccc32)C1S(=O)(=O)O. The van der Waals surface area contributed by atoms with E-state index in [0.29, 0.717) is 35.3 Å². The van der Waals surface area contributed by atoms with E-state index < -0.39 is 33.4 Å². The summed E-state index contributed by atoms with van der Waals surface area (Å²) < 4.78 is 34.5. The fourth-order valence-corrected chi connectivity index (χ4v) is 6.66. The Hall–Kier alpha value is -2.88. The van der Waals surface area contributed by atoms with Crippen LogP contribution in [0.4, 0.5) is 11.4 Å². The Labute approximate surface area is 179 Å². The van der Waals surface area contributed by atoms with Crippen molar-refractivity contribution in [2.75, 3.05) is 10.2 Å². The van der Waals surface area contributed by atoms with Crippen molar-refractivity contribution in [1.82, 2.24) is 0 Å². The van der Waals surface area contributed by atoms with Gasteiger partial charge in [-0.15, -0.1) is 0 Å². The number of benzene rings is 2. The van der Waals surface area contributed by atoms with Gasteiger partial charge in [0.1, 0.15) is 17.1 Å². The highest BCUT2D eigenvalue weighted by Crippen LogP contribution is 2.51. The summed E-state index contributed by atoms with van der Waals surface area (Å²) in [6, 6.07) is 10.9. The Kier molecular flexibility index (Phi) is 4.40. The zero-order chi connectivity index (χ0) is 22.1. The molecule has 9 heteroatoms. The molecule has 8 nitrogen and oxygen atoms in total. The monoisotopic (exact) mass is 442 g/mol. The fourth-order valence-electron chi connectivity index (χ4n) is 5.28. The number of phenols is 1. The number of nitrogens with one attached hydrogen (secondary N) is 1. The van der Waals surface area contributed by atoms with Crippen LogP contribution in [0.5, 0.6) is 5.75 Å². The van der Waals surface area contributed by atoms with Gasteiger partial charge in [-0.25, -0.2) is 0 Å². The van der Waals surface area contributed by atoms with E-state index in [1.165, 1.54) is 12.1 Å². The van der Waals surface area contributed by atoms with Crippen molar-refractivity contribution in [2.24, 2.45) is 5.92 Å². The number of rotatable bonds is 2. The lowest BCUT2D eigenvalue weighted by Gasteiger charge is -2.33. The van der Waals surface area contributed by atoms with Gasteiger partial charge in [-0.05, 0) is 43.0 Å². The van der Waals surface area contributed by atoms with E-state index in [2.05, 4.69) is 5.32 Å². The van der Waals surface area contributed by atoms with Gasteiger partial charge >= 0.3 is 0 Å². The number of carbonyl (C=O) groups excluding carboxylic acids is 1. The number of aromatic hydroxyl groups is 1. The van der Waals surface area contributed by atoms with Crippen molar-refractivity contribution in [1.29, 1.82) is 0 Å². The van der Waals surface area contributed by atoms with Crippen LogP contribution >= 0.6 is 0 Å². The molecule has 162 valence electrons. The molecular weight excluding hydrogens is 420 g/mol.